The minimum Gasteiger partial charge on any atom is -0.481 e. The highest BCUT2D eigenvalue weighted by molar-refractivity contribution is 5.84. The first-order valence-corrected chi connectivity index (χ1v) is 4.92. The van der Waals surface area contributed by atoms with Crippen LogP contribution >= 0.6 is 0 Å². The minimum atomic E-state index is -0.770. The van der Waals surface area contributed by atoms with E-state index in [0.29, 0.717) is 24.5 Å². The van der Waals surface area contributed by atoms with Crippen molar-refractivity contribution in [3.05, 3.63) is 17.8 Å². The lowest BCUT2D eigenvalue weighted by atomic mass is 10.0. The fourth-order valence-corrected chi connectivity index (χ4v) is 1.73. The molecule has 1 aromatic heterocycles. The molecule has 0 radical (unpaired) electrons. The van der Waals surface area contributed by atoms with E-state index in [4.69, 9.17) is 9.52 Å². The first-order chi connectivity index (χ1) is 6.72. The molecule has 1 aromatic rings. The zero-order valence-electron chi connectivity index (χ0n) is 7.69. The van der Waals surface area contributed by atoms with Crippen molar-refractivity contribution < 1.29 is 14.3 Å². The Morgan fingerprint density at radius 1 is 1.57 bits per heavy atom. The molecule has 0 saturated heterocycles. The molecular weight excluding hydrogens is 182 g/mol. The number of aromatic nitrogens is 1. The van der Waals surface area contributed by atoms with E-state index in [2.05, 4.69) is 4.98 Å². The predicted molar refractivity (Wildman–Crippen MR) is 47.0 cm³/mol. The van der Waals surface area contributed by atoms with Gasteiger partial charge in [-0.1, -0.05) is 0 Å². The molecule has 0 aliphatic heterocycles. The summed E-state index contributed by atoms with van der Waals surface area (Å²) in [6.07, 6.45) is 5.16. The maximum Gasteiger partial charge on any atom is 0.315 e. The first kappa shape index (κ1) is 8.03. The van der Waals surface area contributed by atoms with Gasteiger partial charge in [0.15, 0.2) is 5.89 Å². The average Bonchev–Trinajstić information content (AvgIpc) is 3.06. The highest BCUT2D eigenvalue weighted by Crippen LogP contribution is 2.49. The summed E-state index contributed by atoms with van der Waals surface area (Å²) in [6, 6.07) is 0. The smallest absolute Gasteiger partial charge is 0.315 e. The van der Waals surface area contributed by atoms with E-state index in [1.165, 1.54) is 6.26 Å². The summed E-state index contributed by atoms with van der Waals surface area (Å²) in [4.78, 5) is 15.3. The molecule has 2 aliphatic carbocycles. The van der Waals surface area contributed by atoms with Crippen LogP contribution in [-0.4, -0.2) is 16.1 Å². The normalized spacial score (nSPS) is 23.4. The molecule has 1 heterocycles. The van der Waals surface area contributed by atoms with Crippen LogP contribution in [0.3, 0.4) is 0 Å². The quantitative estimate of drug-likeness (QED) is 0.793. The Morgan fingerprint density at radius 2 is 2.29 bits per heavy atom. The van der Waals surface area contributed by atoms with Crippen LogP contribution in [0.4, 0.5) is 0 Å². The summed E-state index contributed by atoms with van der Waals surface area (Å²) in [5.41, 5.74) is -0.0942. The molecule has 14 heavy (non-hydrogen) atoms. The highest BCUT2D eigenvalue weighted by atomic mass is 16.4. The van der Waals surface area contributed by atoms with Crippen LogP contribution in [-0.2, 0) is 10.2 Å². The topological polar surface area (TPSA) is 63.3 Å². The lowest BCUT2D eigenvalue weighted by Gasteiger charge is -2.02. The third kappa shape index (κ3) is 0.997. The molecule has 1 N–H and O–H groups in total. The van der Waals surface area contributed by atoms with Crippen molar-refractivity contribution in [1.29, 1.82) is 0 Å². The van der Waals surface area contributed by atoms with E-state index in [1.54, 1.807) is 0 Å². The second-order valence-electron chi connectivity index (χ2n) is 4.23. The fraction of sp³-hybridized carbons (Fsp3) is 0.600. The SMILES string of the molecule is O=C(O)C1(c2coc(C3CC3)n2)CC1. The molecule has 0 amide bonds. The number of carboxylic acids is 1. The van der Waals surface area contributed by atoms with Gasteiger partial charge in [0.1, 0.15) is 11.7 Å². The molecule has 4 heteroatoms. The molecule has 3 rings (SSSR count). The minimum absolute atomic E-state index is 0.452. The van der Waals surface area contributed by atoms with Gasteiger partial charge in [-0.2, -0.15) is 0 Å². The molecule has 4 nitrogen and oxygen atoms in total. The largest absolute Gasteiger partial charge is 0.481 e. The maximum absolute atomic E-state index is 11.0. The van der Waals surface area contributed by atoms with Crippen molar-refractivity contribution in [2.24, 2.45) is 0 Å². The van der Waals surface area contributed by atoms with E-state index in [9.17, 15) is 4.79 Å². The number of hydrogen-bond acceptors (Lipinski definition) is 3. The van der Waals surface area contributed by atoms with E-state index >= 15 is 0 Å². The third-order valence-electron chi connectivity index (χ3n) is 3.10. The summed E-state index contributed by atoms with van der Waals surface area (Å²) in [5.74, 6) is 0.411. The lowest BCUT2D eigenvalue weighted by molar-refractivity contribution is -0.140. The highest BCUT2D eigenvalue weighted by Gasteiger charge is 2.54. The number of nitrogens with zero attached hydrogens (tertiary/aromatic N) is 1. The van der Waals surface area contributed by atoms with Gasteiger partial charge in [-0.25, -0.2) is 4.98 Å². The molecule has 0 atom stereocenters. The number of aliphatic carboxylic acids is 1. The Kier molecular flexibility index (Phi) is 1.36. The van der Waals surface area contributed by atoms with Crippen molar-refractivity contribution in [3.63, 3.8) is 0 Å². The van der Waals surface area contributed by atoms with Crippen LogP contribution in [0.2, 0.25) is 0 Å². The standard InChI is InChI=1S/C10H11NO3/c12-9(13)10(3-4-10)7-5-14-8(11-7)6-1-2-6/h5-6H,1-4H2,(H,12,13). The molecule has 0 aromatic carbocycles. The average molecular weight is 193 g/mol. The Bertz CT molecular complexity index is 388. The zero-order chi connectivity index (χ0) is 9.76. The first-order valence-electron chi connectivity index (χ1n) is 4.92. The van der Waals surface area contributed by atoms with Crippen molar-refractivity contribution in [1.82, 2.24) is 4.98 Å². The monoisotopic (exact) mass is 193 g/mol. The van der Waals surface area contributed by atoms with Gasteiger partial charge >= 0.3 is 5.97 Å². The van der Waals surface area contributed by atoms with Gasteiger partial charge in [0.25, 0.3) is 0 Å². The molecule has 74 valence electrons. The molecule has 2 fully saturated rings. The van der Waals surface area contributed by atoms with Gasteiger partial charge in [-0.3, -0.25) is 4.79 Å². The number of oxazole rings is 1. The lowest BCUT2D eigenvalue weighted by Crippen LogP contribution is -2.19. The van der Waals surface area contributed by atoms with Crippen molar-refractivity contribution in [2.45, 2.75) is 37.0 Å². The number of carboxylic acid groups (broad SMARTS) is 1. The van der Waals surface area contributed by atoms with Crippen LogP contribution in [0.15, 0.2) is 10.7 Å². The summed E-state index contributed by atoms with van der Waals surface area (Å²) >= 11 is 0. The molecule has 2 aliphatic rings. The van der Waals surface area contributed by atoms with Gasteiger partial charge in [-0.15, -0.1) is 0 Å². The number of hydrogen-bond donors (Lipinski definition) is 1. The molecule has 2 saturated carbocycles. The van der Waals surface area contributed by atoms with Crippen molar-refractivity contribution in [2.75, 3.05) is 0 Å². The Labute approximate surface area is 80.9 Å². The van der Waals surface area contributed by atoms with Crippen LogP contribution in [0.1, 0.15) is 43.2 Å². The van der Waals surface area contributed by atoms with Gasteiger partial charge in [-0.05, 0) is 25.7 Å². The van der Waals surface area contributed by atoms with Crippen LogP contribution in [0, 0.1) is 0 Å². The summed E-state index contributed by atoms with van der Waals surface area (Å²) < 4.78 is 5.29. The van der Waals surface area contributed by atoms with E-state index in [1.807, 2.05) is 0 Å². The van der Waals surface area contributed by atoms with Crippen LogP contribution in [0.5, 0.6) is 0 Å². The van der Waals surface area contributed by atoms with E-state index in [0.717, 1.165) is 18.7 Å². The Morgan fingerprint density at radius 3 is 2.79 bits per heavy atom. The fourth-order valence-electron chi connectivity index (χ4n) is 1.73. The summed E-state index contributed by atoms with van der Waals surface area (Å²) in [7, 11) is 0. The Balaban J connectivity index is 1.92. The maximum atomic E-state index is 11.0. The van der Waals surface area contributed by atoms with Crippen molar-refractivity contribution >= 4 is 5.97 Å². The second-order valence-corrected chi connectivity index (χ2v) is 4.23. The van der Waals surface area contributed by atoms with Gasteiger partial charge < -0.3 is 9.52 Å². The summed E-state index contributed by atoms with van der Waals surface area (Å²) in [6.45, 7) is 0. The summed E-state index contributed by atoms with van der Waals surface area (Å²) in [5, 5.41) is 9.04. The molecule has 0 spiro atoms. The van der Waals surface area contributed by atoms with Gasteiger partial charge in [0.05, 0.1) is 5.69 Å². The molecule has 0 bridgehead atoms. The predicted octanol–water partition coefficient (Wildman–Crippen LogP) is 1.67. The number of rotatable bonds is 3. The van der Waals surface area contributed by atoms with Crippen LogP contribution in [0.25, 0.3) is 0 Å². The van der Waals surface area contributed by atoms with E-state index in [-0.39, 0.29) is 0 Å². The molecular formula is C10H11NO3. The molecule has 0 unspecified atom stereocenters. The Hall–Kier alpha value is -1.32. The third-order valence-corrected chi connectivity index (χ3v) is 3.10. The van der Waals surface area contributed by atoms with Crippen LogP contribution < -0.4 is 0 Å². The van der Waals surface area contributed by atoms with Gasteiger partial charge in [0.2, 0.25) is 0 Å². The van der Waals surface area contributed by atoms with Gasteiger partial charge in [0, 0.05) is 5.92 Å². The van der Waals surface area contributed by atoms with Crippen molar-refractivity contribution in [3.8, 4) is 0 Å². The number of carbonyl (C=O) groups is 1. The van der Waals surface area contributed by atoms with E-state index < -0.39 is 11.4 Å². The second kappa shape index (κ2) is 2.38. The zero-order valence-corrected chi connectivity index (χ0v) is 7.69.